The molecule has 1 saturated carbocycles. The van der Waals surface area contributed by atoms with E-state index in [4.69, 9.17) is 9.31 Å². The molecule has 2 aliphatic carbocycles. The van der Waals surface area contributed by atoms with Crippen LogP contribution in [0.5, 0.6) is 0 Å². The zero-order valence-corrected chi connectivity index (χ0v) is 17.1. The minimum atomic E-state index is -0.343. The van der Waals surface area contributed by atoms with Crippen molar-refractivity contribution in [2.24, 2.45) is 5.92 Å². The van der Waals surface area contributed by atoms with Crippen LogP contribution >= 0.6 is 0 Å². The lowest BCUT2D eigenvalue weighted by Gasteiger charge is -2.32. The second kappa shape index (κ2) is 5.95. The Labute approximate surface area is 168 Å². The highest BCUT2D eigenvalue weighted by molar-refractivity contribution is 6.62. The molecule has 3 heteroatoms. The Morgan fingerprint density at radius 3 is 2.25 bits per heavy atom. The van der Waals surface area contributed by atoms with Crippen molar-refractivity contribution in [1.82, 2.24) is 0 Å². The number of allylic oxidation sites excluding steroid dienone is 4. The van der Waals surface area contributed by atoms with Crippen LogP contribution in [0.3, 0.4) is 0 Å². The Bertz CT molecular complexity index is 957. The molecule has 0 spiro atoms. The third kappa shape index (κ3) is 2.72. The third-order valence-electron chi connectivity index (χ3n) is 7.03. The first-order chi connectivity index (χ1) is 13.3. The third-order valence-corrected chi connectivity index (χ3v) is 7.03. The quantitative estimate of drug-likeness (QED) is 0.705. The molecule has 1 heterocycles. The van der Waals surface area contributed by atoms with E-state index in [1.54, 1.807) is 0 Å². The second-order valence-corrected chi connectivity index (χ2v) is 9.39. The molecule has 0 radical (unpaired) electrons. The lowest BCUT2D eigenvalue weighted by molar-refractivity contribution is 0.00578. The van der Waals surface area contributed by atoms with E-state index in [1.165, 1.54) is 23.1 Å². The first-order valence-electron chi connectivity index (χ1n) is 10.2. The van der Waals surface area contributed by atoms with Crippen LogP contribution in [0.25, 0.3) is 11.1 Å². The monoisotopic (exact) mass is 370 g/mol. The normalized spacial score (nSPS) is 29.0. The van der Waals surface area contributed by atoms with Crippen molar-refractivity contribution in [3.8, 4) is 11.1 Å². The summed E-state index contributed by atoms with van der Waals surface area (Å²) in [6, 6.07) is 17.5. The summed E-state index contributed by atoms with van der Waals surface area (Å²) in [5.41, 5.74) is 4.39. The molecule has 0 bridgehead atoms. The van der Waals surface area contributed by atoms with E-state index in [0.29, 0.717) is 5.92 Å². The summed E-state index contributed by atoms with van der Waals surface area (Å²) in [5.74, 6) is 0.606. The van der Waals surface area contributed by atoms with Crippen molar-refractivity contribution in [2.75, 3.05) is 0 Å². The largest absolute Gasteiger partial charge is 0.494 e. The van der Waals surface area contributed by atoms with Crippen LogP contribution in [0.2, 0.25) is 0 Å². The average Bonchev–Trinajstić information content (AvgIpc) is 3.38. The lowest BCUT2D eigenvalue weighted by Crippen LogP contribution is -2.41. The van der Waals surface area contributed by atoms with Gasteiger partial charge in [0, 0.05) is 5.41 Å². The predicted octanol–water partition coefficient (Wildman–Crippen LogP) is 5.04. The lowest BCUT2D eigenvalue weighted by atomic mass is 9.74. The van der Waals surface area contributed by atoms with Gasteiger partial charge in [0.25, 0.3) is 0 Å². The minimum absolute atomic E-state index is 0.137. The van der Waals surface area contributed by atoms with Gasteiger partial charge in [0.2, 0.25) is 0 Å². The highest BCUT2D eigenvalue weighted by Crippen LogP contribution is 2.58. The van der Waals surface area contributed by atoms with Crippen LogP contribution < -0.4 is 5.46 Å². The first kappa shape index (κ1) is 18.0. The number of fused-ring (bicyclic) bond motifs is 1. The molecule has 0 aromatic heterocycles. The number of hydrogen-bond donors (Lipinski definition) is 0. The Morgan fingerprint density at radius 2 is 1.57 bits per heavy atom. The summed E-state index contributed by atoms with van der Waals surface area (Å²) in [5, 5.41) is 0. The smallest absolute Gasteiger partial charge is 0.399 e. The summed E-state index contributed by atoms with van der Waals surface area (Å²) in [6.45, 7) is 8.44. The molecule has 1 saturated heterocycles. The summed E-state index contributed by atoms with van der Waals surface area (Å²) < 4.78 is 12.8. The fourth-order valence-electron chi connectivity index (χ4n) is 4.42. The Hall–Kier alpha value is -2.10. The van der Waals surface area contributed by atoms with Gasteiger partial charge in [-0.15, -0.1) is 0 Å². The zero-order chi connectivity index (χ0) is 19.6. The van der Waals surface area contributed by atoms with Crippen LogP contribution in [0.4, 0.5) is 0 Å². The van der Waals surface area contributed by atoms with Crippen LogP contribution in [0, 0.1) is 5.92 Å². The average molecular weight is 370 g/mol. The summed E-state index contributed by atoms with van der Waals surface area (Å²) >= 11 is 0. The molecule has 28 heavy (non-hydrogen) atoms. The molecule has 2 fully saturated rings. The SMILES string of the molecule is CC1(C)OB(c2cc(-c3ccccc3)cc(C34C=CC=CC3C4)c2)OC1(C)C. The van der Waals surface area contributed by atoms with E-state index >= 15 is 0 Å². The molecule has 3 aliphatic rings. The maximum Gasteiger partial charge on any atom is 0.494 e. The molecule has 2 aromatic carbocycles. The molecule has 2 atom stereocenters. The first-order valence-corrected chi connectivity index (χ1v) is 10.2. The molecule has 2 aromatic rings. The van der Waals surface area contributed by atoms with E-state index in [-0.39, 0.29) is 23.7 Å². The van der Waals surface area contributed by atoms with Gasteiger partial charge in [-0.2, -0.15) is 0 Å². The molecule has 2 unspecified atom stereocenters. The highest BCUT2D eigenvalue weighted by atomic mass is 16.7. The maximum absolute atomic E-state index is 6.38. The Balaban J connectivity index is 1.61. The van der Waals surface area contributed by atoms with Gasteiger partial charge < -0.3 is 9.31 Å². The standard InChI is InChI=1S/C25H27BO2/c1-23(2)24(3,4)28-26(27-23)22-15-19(18-10-6-5-7-11-18)14-21(16-22)25-13-9-8-12-20(25)17-25/h5-16,20H,17H2,1-4H3. The van der Waals surface area contributed by atoms with E-state index in [2.05, 4.69) is 101 Å². The topological polar surface area (TPSA) is 18.5 Å². The van der Waals surface area contributed by atoms with Crippen LogP contribution in [-0.2, 0) is 14.7 Å². The molecule has 2 nitrogen and oxygen atoms in total. The van der Waals surface area contributed by atoms with E-state index in [0.717, 1.165) is 5.46 Å². The van der Waals surface area contributed by atoms with E-state index in [1.807, 2.05) is 0 Å². The number of benzene rings is 2. The number of rotatable bonds is 3. The van der Waals surface area contributed by atoms with Crippen LogP contribution in [-0.4, -0.2) is 18.3 Å². The molecule has 0 amide bonds. The van der Waals surface area contributed by atoms with Crippen LogP contribution in [0.1, 0.15) is 39.7 Å². The Kier molecular flexibility index (Phi) is 3.82. The van der Waals surface area contributed by atoms with Gasteiger partial charge in [-0.3, -0.25) is 0 Å². The van der Waals surface area contributed by atoms with E-state index in [9.17, 15) is 0 Å². The van der Waals surface area contributed by atoms with Crippen molar-refractivity contribution >= 4 is 12.6 Å². The maximum atomic E-state index is 6.38. The van der Waals surface area contributed by atoms with E-state index < -0.39 is 0 Å². The Morgan fingerprint density at radius 1 is 0.857 bits per heavy atom. The summed E-state index contributed by atoms with van der Waals surface area (Å²) in [4.78, 5) is 0. The molecule has 1 aliphatic heterocycles. The highest BCUT2D eigenvalue weighted by Gasteiger charge is 2.54. The van der Waals surface area contributed by atoms with Gasteiger partial charge in [-0.25, -0.2) is 0 Å². The second-order valence-electron chi connectivity index (χ2n) is 9.39. The minimum Gasteiger partial charge on any atom is -0.399 e. The van der Waals surface area contributed by atoms with Crippen molar-refractivity contribution in [3.05, 3.63) is 78.4 Å². The van der Waals surface area contributed by atoms with Crippen molar-refractivity contribution in [3.63, 3.8) is 0 Å². The van der Waals surface area contributed by atoms with Gasteiger partial charge >= 0.3 is 7.12 Å². The molecule has 0 N–H and O–H groups in total. The molecular weight excluding hydrogens is 343 g/mol. The van der Waals surface area contributed by atoms with Crippen molar-refractivity contribution in [2.45, 2.75) is 50.7 Å². The molecule has 142 valence electrons. The fraction of sp³-hybridized carbons (Fsp3) is 0.360. The predicted molar refractivity (Wildman–Crippen MR) is 116 cm³/mol. The summed E-state index contributed by atoms with van der Waals surface area (Å²) in [6.07, 6.45) is 10.2. The fourth-order valence-corrected chi connectivity index (χ4v) is 4.42. The zero-order valence-electron chi connectivity index (χ0n) is 17.1. The van der Waals surface area contributed by atoms with Gasteiger partial charge in [-0.1, -0.05) is 72.8 Å². The number of hydrogen-bond acceptors (Lipinski definition) is 2. The van der Waals surface area contributed by atoms with Gasteiger partial charge in [-0.05, 0) is 62.2 Å². The van der Waals surface area contributed by atoms with Gasteiger partial charge in [0.05, 0.1) is 11.2 Å². The molecule has 5 rings (SSSR count). The van der Waals surface area contributed by atoms with Gasteiger partial charge in [0.1, 0.15) is 0 Å². The van der Waals surface area contributed by atoms with Crippen molar-refractivity contribution < 1.29 is 9.31 Å². The van der Waals surface area contributed by atoms with Crippen LogP contribution in [0.15, 0.2) is 72.8 Å². The van der Waals surface area contributed by atoms with Crippen molar-refractivity contribution in [1.29, 1.82) is 0 Å². The summed E-state index contributed by atoms with van der Waals surface area (Å²) in [7, 11) is -0.343. The molecular formula is C25H27BO2. The van der Waals surface area contributed by atoms with Gasteiger partial charge in [0.15, 0.2) is 0 Å².